The van der Waals surface area contributed by atoms with Crippen LogP contribution in [0.2, 0.25) is 0 Å². The monoisotopic (exact) mass is 323 g/mol. The maximum Gasteiger partial charge on any atom is 0.340 e. The van der Waals surface area contributed by atoms with Crippen molar-refractivity contribution in [3.63, 3.8) is 0 Å². The number of benzene rings is 1. The molecule has 1 aromatic carbocycles. The Morgan fingerprint density at radius 2 is 1.86 bits per heavy atom. The molecule has 3 rings (SSSR count). The molecule has 0 amide bonds. The molecule has 2 heterocycles. The van der Waals surface area contributed by atoms with Gasteiger partial charge in [0.1, 0.15) is 0 Å². The summed E-state index contributed by atoms with van der Waals surface area (Å²) in [6.07, 6.45) is -0.163. The lowest BCUT2D eigenvalue weighted by Gasteiger charge is -2.14. The molecule has 2 aromatic rings. The zero-order chi connectivity index (χ0) is 15.1. The Balaban J connectivity index is 0.00000176. The molecule has 0 atom stereocenters. The summed E-state index contributed by atoms with van der Waals surface area (Å²) in [5.41, 5.74) is 2.82. The van der Waals surface area contributed by atoms with Gasteiger partial charge in [-0.05, 0) is 39.3 Å². The number of fused-ring (bicyclic) bond motifs is 2. The zero-order valence-electron chi connectivity index (χ0n) is 12.9. The number of halogens is 1. The van der Waals surface area contributed by atoms with Gasteiger partial charge >= 0.3 is 5.97 Å². The van der Waals surface area contributed by atoms with Crippen molar-refractivity contribution in [3.05, 3.63) is 29.0 Å². The van der Waals surface area contributed by atoms with E-state index in [0.29, 0.717) is 22.8 Å². The molecular formula is C16H18ClNO4. The van der Waals surface area contributed by atoms with Crippen molar-refractivity contribution in [2.75, 3.05) is 6.79 Å². The van der Waals surface area contributed by atoms with Gasteiger partial charge in [0.05, 0.1) is 22.9 Å². The Hall–Kier alpha value is -2.01. The summed E-state index contributed by atoms with van der Waals surface area (Å²) in [6, 6.07) is 3.71. The quantitative estimate of drug-likeness (QED) is 0.791. The number of esters is 1. The second-order valence-electron chi connectivity index (χ2n) is 5.37. The van der Waals surface area contributed by atoms with Crippen LogP contribution in [0.1, 0.15) is 35.5 Å². The first-order chi connectivity index (χ1) is 9.97. The van der Waals surface area contributed by atoms with Crippen molar-refractivity contribution >= 4 is 29.3 Å². The molecular weight excluding hydrogens is 306 g/mol. The van der Waals surface area contributed by atoms with Crippen LogP contribution in [-0.2, 0) is 4.74 Å². The molecule has 1 aliphatic rings. The van der Waals surface area contributed by atoms with Crippen LogP contribution in [0, 0.1) is 13.8 Å². The van der Waals surface area contributed by atoms with Crippen LogP contribution in [0.15, 0.2) is 12.1 Å². The fraction of sp³-hybridized carbons (Fsp3) is 0.375. The van der Waals surface area contributed by atoms with Crippen LogP contribution in [0.4, 0.5) is 0 Å². The molecule has 0 unspecified atom stereocenters. The highest BCUT2D eigenvalue weighted by atomic mass is 35.5. The van der Waals surface area contributed by atoms with Crippen LogP contribution in [-0.4, -0.2) is 23.9 Å². The predicted molar refractivity (Wildman–Crippen MR) is 85.1 cm³/mol. The second-order valence-corrected chi connectivity index (χ2v) is 5.37. The van der Waals surface area contributed by atoms with E-state index in [2.05, 4.69) is 4.98 Å². The highest BCUT2D eigenvalue weighted by molar-refractivity contribution is 5.99. The van der Waals surface area contributed by atoms with Gasteiger partial charge in [0, 0.05) is 11.5 Å². The summed E-state index contributed by atoms with van der Waals surface area (Å²) in [5.74, 6) is 1.03. The van der Waals surface area contributed by atoms with Gasteiger partial charge in [0.2, 0.25) is 6.79 Å². The molecule has 0 aliphatic carbocycles. The van der Waals surface area contributed by atoms with Crippen LogP contribution in [0.3, 0.4) is 0 Å². The maximum absolute atomic E-state index is 12.3. The van der Waals surface area contributed by atoms with Gasteiger partial charge < -0.3 is 14.2 Å². The molecule has 0 bridgehead atoms. The standard InChI is InChI=1S/C16H17NO4.ClH/c1-8(2)21-16(18)15-9(3)11-5-13-14(20-7-19-13)6-12(11)17-10(15)4;/h5-6,8H,7H2,1-4H3;1H. The lowest BCUT2D eigenvalue weighted by Crippen LogP contribution is -2.15. The predicted octanol–water partition coefficient (Wildman–Crippen LogP) is 3.57. The number of hydrogen-bond acceptors (Lipinski definition) is 5. The molecule has 6 heteroatoms. The third-order valence-electron chi connectivity index (χ3n) is 3.47. The number of rotatable bonds is 2. The van der Waals surface area contributed by atoms with E-state index in [9.17, 15) is 4.79 Å². The van der Waals surface area contributed by atoms with E-state index in [1.807, 2.05) is 39.8 Å². The molecule has 0 N–H and O–H groups in total. The summed E-state index contributed by atoms with van der Waals surface area (Å²) in [4.78, 5) is 16.8. The van der Waals surface area contributed by atoms with Gasteiger partial charge in [-0.2, -0.15) is 0 Å². The number of ether oxygens (including phenoxy) is 3. The number of hydrogen-bond donors (Lipinski definition) is 0. The van der Waals surface area contributed by atoms with Crippen LogP contribution in [0.25, 0.3) is 10.9 Å². The van der Waals surface area contributed by atoms with E-state index in [-0.39, 0.29) is 31.3 Å². The minimum atomic E-state index is -0.341. The van der Waals surface area contributed by atoms with Crippen molar-refractivity contribution < 1.29 is 19.0 Å². The first kappa shape index (κ1) is 16.4. The molecule has 0 saturated carbocycles. The van der Waals surface area contributed by atoms with Crippen LogP contribution < -0.4 is 9.47 Å². The molecule has 118 valence electrons. The smallest absolute Gasteiger partial charge is 0.340 e. The van der Waals surface area contributed by atoms with Crippen molar-refractivity contribution in [2.24, 2.45) is 0 Å². The Bertz CT molecular complexity index is 743. The summed E-state index contributed by atoms with van der Waals surface area (Å²) >= 11 is 0. The number of nitrogens with zero attached hydrogens (tertiary/aromatic N) is 1. The van der Waals surface area contributed by atoms with Crippen molar-refractivity contribution in [1.29, 1.82) is 0 Å². The van der Waals surface area contributed by atoms with Gasteiger partial charge in [0.25, 0.3) is 0 Å². The topological polar surface area (TPSA) is 57.7 Å². The normalized spacial score (nSPS) is 12.4. The Morgan fingerprint density at radius 3 is 2.50 bits per heavy atom. The first-order valence-electron chi connectivity index (χ1n) is 6.89. The molecule has 0 radical (unpaired) electrons. The minimum Gasteiger partial charge on any atom is -0.459 e. The van der Waals surface area contributed by atoms with E-state index in [1.54, 1.807) is 0 Å². The van der Waals surface area contributed by atoms with Crippen molar-refractivity contribution in [2.45, 2.75) is 33.8 Å². The number of aromatic nitrogens is 1. The SMILES string of the molecule is Cc1nc2cc3c(cc2c(C)c1C(=O)OC(C)C)OCO3.Cl. The van der Waals surface area contributed by atoms with Gasteiger partial charge in [-0.25, -0.2) is 4.79 Å². The molecule has 0 fully saturated rings. The highest BCUT2D eigenvalue weighted by Gasteiger charge is 2.21. The molecule has 0 spiro atoms. The zero-order valence-corrected chi connectivity index (χ0v) is 13.7. The summed E-state index contributed by atoms with van der Waals surface area (Å²) in [7, 11) is 0. The van der Waals surface area contributed by atoms with Crippen molar-refractivity contribution in [1.82, 2.24) is 4.98 Å². The molecule has 0 saturated heterocycles. The summed E-state index contributed by atoms with van der Waals surface area (Å²) < 4.78 is 16.1. The fourth-order valence-corrected chi connectivity index (χ4v) is 2.54. The molecule has 1 aliphatic heterocycles. The maximum atomic E-state index is 12.3. The lowest BCUT2D eigenvalue weighted by molar-refractivity contribution is 0.0376. The lowest BCUT2D eigenvalue weighted by atomic mass is 10.0. The third kappa shape index (κ3) is 2.68. The Morgan fingerprint density at radius 1 is 1.23 bits per heavy atom. The third-order valence-corrected chi connectivity index (χ3v) is 3.47. The minimum absolute atomic E-state index is 0. The van der Waals surface area contributed by atoms with Gasteiger partial charge in [-0.15, -0.1) is 12.4 Å². The van der Waals surface area contributed by atoms with E-state index < -0.39 is 0 Å². The number of carbonyl (C=O) groups excluding carboxylic acids is 1. The average Bonchev–Trinajstić information content (AvgIpc) is 2.82. The largest absolute Gasteiger partial charge is 0.459 e. The van der Waals surface area contributed by atoms with Gasteiger partial charge in [-0.3, -0.25) is 4.98 Å². The van der Waals surface area contributed by atoms with Gasteiger partial charge in [0.15, 0.2) is 11.5 Å². The van der Waals surface area contributed by atoms with Crippen LogP contribution >= 0.6 is 12.4 Å². The molecule has 1 aromatic heterocycles. The summed E-state index contributed by atoms with van der Waals surface area (Å²) in [6.45, 7) is 7.58. The van der Waals surface area contributed by atoms with E-state index >= 15 is 0 Å². The number of carbonyl (C=O) groups is 1. The Kier molecular flexibility index (Phi) is 4.47. The second kappa shape index (κ2) is 6.01. The van der Waals surface area contributed by atoms with E-state index in [0.717, 1.165) is 16.5 Å². The van der Waals surface area contributed by atoms with Gasteiger partial charge in [-0.1, -0.05) is 0 Å². The number of aryl methyl sites for hydroxylation is 2. The molecule has 22 heavy (non-hydrogen) atoms. The number of pyridine rings is 1. The molecule has 5 nitrogen and oxygen atoms in total. The average molecular weight is 324 g/mol. The van der Waals surface area contributed by atoms with E-state index in [4.69, 9.17) is 14.2 Å². The first-order valence-corrected chi connectivity index (χ1v) is 6.89. The Labute approximate surface area is 135 Å². The summed E-state index contributed by atoms with van der Waals surface area (Å²) in [5, 5.41) is 0.876. The highest BCUT2D eigenvalue weighted by Crippen LogP contribution is 2.37. The van der Waals surface area contributed by atoms with Crippen molar-refractivity contribution in [3.8, 4) is 11.5 Å². The fourth-order valence-electron chi connectivity index (χ4n) is 2.54. The van der Waals surface area contributed by atoms with Crippen LogP contribution in [0.5, 0.6) is 11.5 Å². The van der Waals surface area contributed by atoms with E-state index in [1.165, 1.54) is 0 Å².